The van der Waals surface area contributed by atoms with Crippen molar-refractivity contribution in [3.63, 3.8) is 0 Å². The summed E-state index contributed by atoms with van der Waals surface area (Å²) in [7, 11) is 0. The van der Waals surface area contributed by atoms with E-state index in [1.165, 1.54) is 11.1 Å². The lowest BCUT2D eigenvalue weighted by atomic mass is 10.1. The fraction of sp³-hybridized carbons (Fsp3) is 0.235. The van der Waals surface area contributed by atoms with E-state index in [-0.39, 0.29) is 11.0 Å². The SMILES string of the molecule is Cc1ccccc1CSC(C)C(=O)c1ccc(Cl)cc1Cl. The monoisotopic (exact) mass is 338 g/mol. The molecule has 2 aromatic rings. The van der Waals surface area contributed by atoms with Gasteiger partial charge in [-0.05, 0) is 43.2 Å². The molecule has 0 aliphatic carbocycles. The van der Waals surface area contributed by atoms with Crippen molar-refractivity contribution in [3.8, 4) is 0 Å². The van der Waals surface area contributed by atoms with Crippen LogP contribution >= 0.6 is 35.0 Å². The zero-order valence-corrected chi connectivity index (χ0v) is 14.2. The highest BCUT2D eigenvalue weighted by atomic mass is 35.5. The van der Waals surface area contributed by atoms with Crippen molar-refractivity contribution < 1.29 is 4.79 Å². The van der Waals surface area contributed by atoms with E-state index in [0.717, 1.165) is 5.75 Å². The first-order valence-electron chi connectivity index (χ1n) is 6.64. The van der Waals surface area contributed by atoms with Crippen LogP contribution in [0, 0.1) is 6.92 Å². The fourth-order valence-electron chi connectivity index (χ4n) is 1.97. The molecule has 0 aliphatic heterocycles. The number of halogens is 2. The number of hydrogen-bond donors (Lipinski definition) is 0. The summed E-state index contributed by atoms with van der Waals surface area (Å²) in [5.41, 5.74) is 3.03. The number of ketones is 1. The number of rotatable bonds is 5. The molecule has 0 fully saturated rings. The topological polar surface area (TPSA) is 17.1 Å². The lowest BCUT2D eigenvalue weighted by molar-refractivity contribution is 0.0994. The van der Waals surface area contributed by atoms with Crippen molar-refractivity contribution in [2.75, 3.05) is 0 Å². The first-order valence-corrected chi connectivity index (χ1v) is 8.45. The molecule has 0 aromatic heterocycles. The van der Waals surface area contributed by atoms with E-state index in [4.69, 9.17) is 23.2 Å². The molecule has 0 amide bonds. The van der Waals surface area contributed by atoms with Gasteiger partial charge in [0.05, 0.1) is 10.3 Å². The van der Waals surface area contributed by atoms with Gasteiger partial charge < -0.3 is 0 Å². The predicted molar refractivity (Wildman–Crippen MR) is 92.7 cm³/mol. The second-order valence-electron chi connectivity index (χ2n) is 4.87. The summed E-state index contributed by atoms with van der Waals surface area (Å²) in [6.45, 7) is 3.99. The van der Waals surface area contributed by atoms with Crippen LogP contribution in [-0.4, -0.2) is 11.0 Å². The molecular weight excluding hydrogens is 323 g/mol. The molecule has 2 aromatic carbocycles. The normalized spacial score (nSPS) is 12.2. The maximum atomic E-state index is 12.4. The Balaban J connectivity index is 2.04. The van der Waals surface area contributed by atoms with Crippen LogP contribution in [0.5, 0.6) is 0 Å². The van der Waals surface area contributed by atoms with Gasteiger partial charge in [-0.1, -0.05) is 47.5 Å². The van der Waals surface area contributed by atoms with Crippen LogP contribution in [0.4, 0.5) is 0 Å². The Bertz CT molecular complexity index is 655. The Hall–Kier alpha value is -0.960. The predicted octanol–water partition coefficient (Wildman–Crippen LogP) is 5.81. The highest BCUT2D eigenvalue weighted by Gasteiger charge is 2.18. The number of benzene rings is 2. The maximum Gasteiger partial charge on any atom is 0.177 e. The van der Waals surface area contributed by atoms with Gasteiger partial charge >= 0.3 is 0 Å². The molecule has 110 valence electrons. The third kappa shape index (κ3) is 4.26. The minimum absolute atomic E-state index is 0.0373. The van der Waals surface area contributed by atoms with Crippen LogP contribution in [0.3, 0.4) is 0 Å². The Morgan fingerprint density at radius 3 is 2.57 bits per heavy atom. The Morgan fingerprint density at radius 1 is 1.19 bits per heavy atom. The van der Waals surface area contributed by atoms with Gasteiger partial charge in [-0.3, -0.25) is 4.79 Å². The number of Topliss-reactive ketones (excluding diaryl/α,β-unsaturated/α-hetero) is 1. The zero-order valence-electron chi connectivity index (χ0n) is 11.9. The molecule has 21 heavy (non-hydrogen) atoms. The summed E-state index contributed by atoms with van der Waals surface area (Å²) in [6, 6.07) is 13.2. The molecule has 0 heterocycles. The van der Waals surface area contributed by atoms with Gasteiger partial charge in [-0.15, -0.1) is 11.8 Å². The number of carbonyl (C=O) groups is 1. The summed E-state index contributed by atoms with van der Waals surface area (Å²) in [6.07, 6.45) is 0. The minimum Gasteiger partial charge on any atom is -0.293 e. The van der Waals surface area contributed by atoms with Crippen LogP contribution < -0.4 is 0 Å². The van der Waals surface area contributed by atoms with Crippen LogP contribution in [0.2, 0.25) is 10.0 Å². The van der Waals surface area contributed by atoms with Crippen LogP contribution in [0.25, 0.3) is 0 Å². The minimum atomic E-state index is -0.150. The highest BCUT2D eigenvalue weighted by Crippen LogP contribution is 2.27. The molecule has 0 radical (unpaired) electrons. The van der Waals surface area contributed by atoms with Gasteiger partial charge in [0.15, 0.2) is 5.78 Å². The van der Waals surface area contributed by atoms with Gasteiger partial charge in [0.25, 0.3) is 0 Å². The molecule has 0 spiro atoms. The van der Waals surface area contributed by atoms with Gasteiger partial charge in [0, 0.05) is 16.3 Å². The third-order valence-corrected chi connectivity index (χ3v) is 5.06. The van der Waals surface area contributed by atoms with Crippen molar-refractivity contribution in [3.05, 3.63) is 69.2 Å². The molecule has 4 heteroatoms. The van der Waals surface area contributed by atoms with Crippen LogP contribution in [-0.2, 0) is 5.75 Å². The van der Waals surface area contributed by atoms with E-state index < -0.39 is 0 Å². The average molecular weight is 339 g/mol. The molecule has 1 atom stereocenters. The van der Waals surface area contributed by atoms with Crippen molar-refractivity contribution >= 4 is 40.7 Å². The van der Waals surface area contributed by atoms with E-state index in [1.54, 1.807) is 30.0 Å². The summed E-state index contributed by atoms with van der Waals surface area (Å²) in [4.78, 5) is 12.4. The summed E-state index contributed by atoms with van der Waals surface area (Å²) >= 11 is 13.6. The van der Waals surface area contributed by atoms with Crippen molar-refractivity contribution in [2.45, 2.75) is 24.9 Å². The number of thioether (sulfide) groups is 1. The van der Waals surface area contributed by atoms with E-state index in [2.05, 4.69) is 19.1 Å². The summed E-state index contributed by atoms with van der Waals surface area (Å²) in [5.74, 6) is 0.848. The van der Waals surface area contributed by atoms with E-state index in [9.17, 15) is 4.79 Å². The number of hydrogen-bond acceptors (Lipinski definition) is 2. The van der Waals surface area contributed by atoms with Gasteiger partial charge in [0.2, 0.25) is 0 Å². The Morgan fingerprint density at radius 2 is 1.90 bits per heavy atom. The van der Waals surface area contributed by atoms with Crippen LogP contribution in [0.1, 0.15) is 28.4 Å². The average Bonchev–Trinajstić information content (AvgIpc) is 2.45. The molecule has 0 saturated heterocycles. The standard InChI is InChI=1S/C17H16Cl2OS/c1-11-5-3-4-6-13(11)10-21-12(2)17(20)15-8-7-14(18)9-16(15)19/h3-9,12H,10H2,1-2H3. The molecule has 2 rings (SSSR count). The van der Waals surface area contributed by atoms with Crippen molar-refractivity contribution in [1.82, 2.24) is 0 Å². The Labute approximate surface area is 139 Å². The fourth-order valence-corrected chi connectivity index (χ4v) is 3.50. The molecule has 0 bridgehead atoms. The highest BCUT2D eigenvalue weighted by molar-refractivity contribution is 7.99. The smallest absolute Gasteiger partial charge is 0.177 e. The van der Waals surface area contributed by atoms with Crippen molar-refractivity contribution in [2.24, 2.45) is 0 Å². The summed E-state index contributed by atoms with van der Waals surface area (Å²) < 4.78 is 0. The van der Waals surface area contributed by atoms with Crippen LogP contribution in [0.15, 0.2) is 42.5 Å². The lowest BCUT2D eigenvalue weighted by Gasteiger charge is -2.12. The maximum absolute atomic E-state index is 12.4. The third-order valence-electron chi connectivity index (χ3n) is 3.32. The summed E-state index contributed by atoms with van der Waals surface area (Å²) in [5, 5.41) is 0.802. The second-order valence-corrected chi connectivity index (χ2v) is 7.04. The van der Waals surface area contributed by atoms with Gasteiger partial charge in [0.1, 0.15) is 0 Å². The first kappa shape index (κ1) is 16.4. The zero-order chi connectivity index (χ0) is 15.4. The lowest BCUT2D eigenvalue weighted by Crippen LogP contribution is -2.14. The Kier molecular flexibility index (Phi) is 5.74. The van der Waals surface area contributed by atoms with Crippen molar-refractivity contribution in [1.29, 1.82) is 0 Å². The molecule has 1 nitrogen and oxygen atoms in total. The molecular formula is C17H16Cl2OS. The molecule has 0 N–H and O–H groups in total. The molecule has 0 aliphatic rings. The number of carbonyl (C=O) groups excluding carboxylic acids is 1. The largest absolute Gasteiger partial charge is 0.293 e. The quantitative estimate of drug-likeness (QED) is 0.640. The second kappa shape index (κ2) is 7.35. The van der Waals surface area contributed by atoms with E-state index in [1.807, 2.05) is 19.1 Å². The molecule has 1 unspecified atom stereocenters. The van der Waals surface area contributed by atoms with E-state index >= 15 is 0 Å². The molecule has 0 saturated carbocycles. The van der Waals surface area contributed by atoms with Gasteiger partial charge in [-0.2, -0.15) is 0 Å². The van der Waals surface area contributed by atoms with E-state index in [0.29, 0.717) is 15.6 Å². The number of aryl methyl sites for hydroxylation is 1. The van der Waals surface area contributed by atoms with Gasteiger partial charge in [-0.25, -0.2) is 0 Å². The first-order chi connectivity index (χ1) is 9.99.